The summed E-state index contributed by atoms with van der Waals surface area (Å²) in [6.07, 6.45) is 11.5. The summed E-state index contributed by atoms with van der Waals surface area (Å²) in [5.74, 6) is 1.06. The number of hydrogen-bond acceptors (Lipinski definition) is 1. The van der Waals surface area contributed by atoms with E-state index in [4.69, 9.17) is 16.3 Å². The molecule has 1 aliphatic heterocycles. The van der Waals surface area contributed by atoms with Crippen LogP contribution in [-0.4, -0.2) is 0 Å². The van der Waals surface area contributed by atoms with Crippen LogP contribution in [0.5, 0.6) is 0 Å². The molecule has 1 nitrogen and oxygen atoms in total. The van der Waals surface area contributed by atoms with Gasteiger partial charge < -0.3 is 4.74 Å². The van der Waals surface area contributed by atoms with Crippen LogP contribution >= 0.6 is 11.6 Å². The largest absolute Gasteiger partial charge is 0.445 e. The summed E-state index contributed by atoms with van der Waals surface area (Å²) in [5.41, 5.74) is 1.11. The molecule has 2 heteroatoms. The predicted octanol–water partition coefficient (Wildman–Crippen LogP) is 3.28. The lowest BCUT2D eigenvalue weighted by molar-refractivity contribution is 0.334. The van der Waals surface area contributed by atoms with Crippen molar-refractivity contribution in [1.29, 1.82) is 0 Å². The summed E-state index contributed by atoms with van der Waals surface area (Å²) < 4.78 is 5.34. The van der Waals surface area contributed by atoms with Gasteiger partial charge >= 0.3 is 0 Å². The lowest BCUT2D eigenvalue weighted by Crippen LogP contribution is -2.08. The van der Waals surface area contributed by atoms with E-state index in [2.05, 4.69) is 12.7 Å². The SMILES string of the molecule is C=CC1C=CC=C2OC(Cl)=CC=C21. The Morgan fingerprint density at radius 3 is 3.00 bits per heavy atom. The highest BCUT2D eigenvalue weighted by Gasteiger charge is 2.19. The van der Waals surface area contributed by atoms with Gasteiger partial charge in [-0.3, -0.25) is 0 Å². The van der Waals surface area contributed by atoms with Gasteiger partial charge in [0.1, 0.15) is 5.76 Å². The Morgan fingerprint density at radius 2 is 2.23 bits per heavy atom. The van der Waals surface area contributed by atoms with Gasteiger partial charge in [-0.25, -0.2) is 0 Å². The Morgan fingerprint density at radius 1 is 1.38 bits per heavy atom. The normalized spacial score (nSPS) is 25.0. The molecule has 0 aromatic heterocycles. The van der Waals surface area contributed by atoms with E-state index in [1.165, 1.54) is 0 Å². The Kier molecular flexibility index (Phi) is 2.11. The summed E-state index contributed by atoms with van der Waals surface area (Å²) in [6, 6.07) is 0. The van der Waals surface area contributed by atoms with Gasteiger partial charge in [0.15, 0.2) is 5.22 Å². The van der Waals surface area contributed by atoms with Crippen LogP contribution in [-0.2, 0) is 4.74 Å². The maximum Gasteiger partial charge on any atom is 0.193 e. The van der Waals surface area contributed by atoms with Crippen molar-refractivity contribution in [3.8, 4) is 0 Å². The van der Waals surface area contributed by atoms with Crippen molar-refractivity contribution in [2.75, 3.05) is 0 Å². The fourth-order valence-corrected chi connectivity index (χ4v) is 1.56. The standard InChI is InChI=1S/C11H9ClO/c1-2-8-4-3-5-10-9(8)6-7-11(12)13-10/h2-8H,1H2. The third-order valence-electron chi connectivity index (χ3n) is 2.07. The predicted molar refractivity (Wildman–Crippen MR) is 54.0 cm³/mol. The second kappa shape index (κ2) is 3.27. The van der Waals surface area contributed by atoms with Gasteiger partial charge in [0, 0.05) is 11.5 Å². The minimum Gasteiger partial charge on any atom is -0.445 e. The van der Waals surface area contributed by atoms with Crippen LogP contribution in [0.1, 0.15) is 0 Å². The lowest BCUT2D eigenvalue weighted by atomic mass is 9.92. The van der Waals surface area contributed by atoms with Gasteiger partial charge in [0.25, 0.3) is 0 Å². The fourth-order valence-electron chi connectivity index (χ4n) is 1.41. The van der Waals surface area contributed by atoms with E-state index in [1.54, 1.807) is 6.08 Å². The third-order valence-corrected chi connectivity index (χ3v) is 2.27. The number of hydrogen-bond donors (Lipinski definition) is 0. The molecule has 1 aliphatic carbocycles. The molecule has 0 saturated heterocycles. The molecule has 1 atom stereocenters. The van der Waals surface area contributed by atoms with Crippen LogP contribution in [0, 0.1) is 5.92 Å². The van der Waals surface area contributed by atoms with E-state index < -0.39 is 0 Å². The Balaban J connectivity index is 2.40. The smallest absolute Gasteiger partial charge is 0.193 e. The molecular weight excluding hydrogens is 184 g/mol. The number of fused-ring (bicyclic) bond motifs is 1. The molecule has 1 unspecified atom stereocenters. The van der Waals surface area contributed by atoms with Gasteiger partial charge in [0.05, 0.1) is 0 Å². The van der Waals surface area contributed by atoms with Crippen LogP contribution < -0.4 is 0 Å². The zero-order valence-corrected chi connectivity index (χ0v) is 7.79. The second-order valence-electron chi connectivity index (χ2n) is 2.87. The first-order valence-corrected chi connectivity index (χ1v) is 4.45. The third kappa shape index (κ3) is 1.47. The molecule has 0 radical (unpaired) electrons. The van der Waals surface area contributed by atoms with E-state index in [0.717, 1.165) is 11.3 Å². The molecule has 0 aromatic carbocycles. The van der Waals surface area contributed by atoms with Crippen molar-refractivity contribution in [3.63, 3.8) is 0 Å². The maximum absolute atomic E-state index is 5.73. The van der Waals surface area contributed by atoms with E-state index in [-0.39, 0.29) is 5.92 Å². The quantitative estimate of drug-likeness (QED) is 0.580. The summed E-state index contributed by atoms with van der Waals surface area (Å²) in [5, 5.41) is 0.410. The highest BCUT2D eigenvalue weighted by atomic mass is 35.5. The van der Waals surface area contributed by atoms with Crippen molar-refractivity contribution in [1.82, 2.24) is 0 Å². The monoisotopic (exact) mass is 192 g/mol. The maximum atomic E-state index is 5.73. The van der Waals surface area contributed by atoms with Gasteiger partial charge in [-0.05, 0) is 29.8 Å². The van der Waals surface area contributed by atoms with Crippen LogP contribution in [0.4, 0.5) is 0 Å². The molecule has 2 aliphatic rings. The summed E-state index contributed by atoms with van der Waals surface area (Å²) in [6.45, 7) is 3.77. The van der Waals surface area contributed by atoms with Crippen molar-refractivity contribution in [3.05, 3.63) is 59.6 Å². The van der Waals surface area contributed by atoms with Gasteiger partial charge in [-0.2, -0.15) is 0 Å². The zero-order valence-electron chi connectivity index (χ0n) is 7.03. The highest BCUT2D eigenvalue weighted by molar-refractivity contribution is 6.28. The molecule has 0 spiro atoms. The topological polar surface area (TPSA) is 9.23 Å². The molecule has 0 amide bonds. The first-order chi connectivity index (χ1) is 6.31. The van der Waals surface area contributed by atoms with E-state index >= 15 is 0 Å². The molecule has 1 heterocycles. The number of halogens is 1. The second-order valence-corrected chi connectivity index (χ2v) is 3.24. The van der Waals surface area contributed by atoms with Crippen LogP contribution in [0.2, 0.25) is 0 Å². The first-order valence-electron chi connectivity index (χ1n) is 4.08. The van der Waals surface area contributed by atoms with Crippen LogP contribution in [0.15, 0.2) is 59.6 Å². The minimum absolute atomic E-state index is 0.237. The summed E-state index contributed by atoms with van der Waals surface area (Å²) in [4.78, 5) is 0. The van der Waals surface area contributed by atoms with E-state index in [9.17, 15) is 0 Å². The molecule has 66 valence electrons. The van der Waals surface area contributed by atoms with E-state index in [0.29, 0.717) is 5.22 Å². The van der Waals surface area contributed by atoms with Crippen molar-refractivity contribution in [2.45, 2.75) is 0 Å². The van der Waals surface area contributed by atoms with Crippen molar-refractivity contribution < 1.29 is 4.74 Å². The molecule has 0 bridgehead atoms. The summed E-state index contributed by atoms with van der Waals surface area (Å²) in [7, 11) is 0. The summed E-state index contributed by atoms with van der Waals surface area (Å²) >= 11 is 5.73. The molecule has 0 fully saturated rings. The minimum atomic E-state index is 0.237. The van der Waals surface area contributed by atoms with Crippen molar-refractivity contribution in [2.24, 2.45) is 5.92 Å². The molecule has 0 N–H and O–H groups in total. The molecule has 0 saturated carbocycles. The van der Waals surface area contributed by atoms with Gasteiger partial charge in [-0.15, -0.1) is 6.58 Å². The zero-order chi connectivity index (χ0) is 9.26. The molecular formula is C11H9ClO. The van der Waals surface area contributed by atoms with Gasteiger partial charge in [-0.1, -0.05) is 18.2 Å². The molecule has 0 aromatic rings. The molecule has 2 rings (SSSR count). The van der Waals surface area contributed by atoms with E-state index in [1.807, 2.05) is 24.3 Å². The average molecular weight is 193 g/mol. The first kappa shape index (κ1) is 8.39. The number of rotatable bonds is 1. The number of ether oxygens (including phenoxy) is 1. The fraction of sp³-hybridized carbons (Fsp3) is 0.0909. The van der Waals surface area contributed by atoms with Crippen LogP contribution in [0.25, 0.3) is 0 Å². The average Bonchev–Trinajstić information content (AvgIpc) is 2.16. The van der Waals surface area contributed by atoms with Crippen LogP contribution in [0.3, 0.4) is 0 Å². The highest BCUT2D eigenvalue weighted by Crippen LogP contribution is 2.32. The Labute approximate surface area is 82.3 Å². The van der Waals surface area contributed by atoms with Gasteiger partial charge in [0.2, 0.25) is 0 Å². The lowest BCUT2D eigenvalue weighted by Gasteiger charge is -2.22. The Hall–Kier alpha value is -1.21. The molecule has 13 heavy (non-hydrogen) atoms. The van der Waals surface area contributed by atoms with Crippen molar-refractivity contribution >= 4 is 11.6 Å². The number of allylic oxidation sites excluding steroid dienone is 7. The Bertz CT molecular complexity index is 358.